The van der Waals surface area contributed by atoms with E-state index in [1.54, 1.807) is 0 Å². The predicted octanol–water partition coefficient (Wildman–Crippen LogP) is 33.4. The molecule has 0 spiro atoms. The van der Waals surface area contributed by atoms with Gasteiger partial charge in [-0.2, -0.15) is 0 Å². The van der Waals surface area contributed by atoms with E-state index in [1.807, 2.05) is 109 Å². The van der Waals surface area contributed by atoms with Gasteiger partial charge in [-0.1, -0.05) is 425 Å². The maximum Gasteiger partial charge on any atom is 0.164 e. The van der Waals surface area contributed by atoms with Crippen molar-refractivity contribution in [2.24, 2.45) is 0 Å². The number of nitrogens with zero attached hydrogens (tertiary/aromatic N) is 13. The summed E-state index contributed by atoms with van der Waals surface area (Å²) in [6.07, 6.45) is 0. The van der Waals surface area contributed by atoms with E-state index in [4.69, 9.17) is 49.8 Å². The molecule has 0 amide bonds. The van der Waals surface area contributed by atoms with Crippen molar-refractivity contribution in [2.45, 2.75) is 0 Å². The predicted molar refractivity (Wildman–Crippen MR) is 603 cm³/mol. The van der Waals surface area contributed by atoms with Crippen LogP contribution in [-0.2, 0) is 0 Å². The van der Waals surface area contributed by atoms with Gasteiger partial charge in [-0.25, -0.2) is 49.8 Å². The molecule has 0 fully saturated rings. The van der Waals surface area contributed by atoms with Gasteiger partial charge in [-0.3, -0.25) is 0 Å². The molecule has 0 atom stereocenters. The molecule has 0 aliphatic heterocycles. The molecule has 0 radical (unpaired) electrons. The fraction of sp³-hybridized carbons (Fsp3) is 0. The molecular formula is C134H87N13. The van der Waals surface area contributed by atoms with E-state index in [-0.39, 0.29) is 0 Å². The van der Waals surface area contributed by atoms with E-state index in [9.17, 15) is 0 Å². The zero-order chi connectivity index (χ0) is 97.5. The Morgan fingerprint density at radius 1 is 0.129 bits per heavy atom. The number of fused-ring (bicyclic) bond motifs is 15. The number of rotatable bonds is 16. The lowest BCUT2D eigenvalue weighted by atomic mass is 9.99. The molecule has 9 heterocycles. The first-order chi connectivity index (χ1) is 72.9. The van der Waals surface area contributed by atoms with Gasteiger partial charge in [0.1, 0.15) is 0 Å². The zero-order valence-corrected chi connectivity index (χ0v) is 79.5. The molecule has 9 aromatic heterocycles. The smallest absolute Gasteiger partial charge is 0.164 e. The van der Waals surface area contributed by atoms with Gasteiger partial charge in [-0.05, 0) is 114 Å². The molecule has 147 heavy (non-hydrogen) atoms. The van der Waals surface area contributed by atoms with E-state index in [2.05, 4.69) is 432 Å². The van der Waals surface area contributed by atoms with Gasteiger partial charge in [0.2, 0.25) is 0 Å². The van der Waals surface area contributed by atoms with Gasteiger partial charge in [0.05, 0.1) is 89.5 Å². The van der Waals surface area contributed by atoms with Crippen LogP contribution in [0.3, 0.4) is 0 Å². The second-order valence-corrected chi connectivity index (χ2v) is 36.4. The summed E-state index contributed by atoms with van der Waals surface area (Å²) >= 11 is 0. The van der Waals surface area contributed by atoms with Crippen molar-refractivity contribution in [3.05, 3.63) is 528 Å². The van der Waals surface area contributed by atoms with Crippen LogP contribution >= 0.6 is 0 Å². The number of aromatic nitrogens is 13. The highest BCUT2D eigenvalue weighted by Gasteiger charge is 2.28. The average molecular weight is 1880 g/mol. The lowest BCUT2D eigenvalue weighted by molar-refractivity contribution is 1.07. The standard InChI is InChI=1S/C48H31N5.2C43H28N4/c1-4-15-32(16-5-1)33-27-29-35(30-28-33)47-50-46(34-17-6-2-7-18-34)51-48(52-47)37-20-14-19-36(31-37)44-43-40-24-11-13-26-42(40)53(38-21-8-3-9-22-38)45(43)39-23-10-12-25-41(39)49-44;1-4-15-29(16-5-1)37-28-38(46-43(45-37)30-17-6-2-7-18-30)31-19-14-20-32(27-31)41-40-35-24-11-13-26-39(35)47(33-21-8-3-9-22-33)42(40)34-23-10-12-25-36(34)44-41;1-4-15-29(16-5-1)37-28-38(30-17-6-2-7-18-30)46-43(45-37)32-20-14-19-31(27-32)41-40-35-24-11-13-26-39(35)47(33-21-8-3-9-22-33)42(40)34-23-10-12-25-36(34)44-41/h1-31H;2*1-28H. The van der Waals surface area contributed by atoms with Gasteiger partial charge in [0.15, 0.2) is 29.1 Å². The van der Waals surface area contributed by atoms with Crippen LogP contribution in [0.1, 0.15) is 0 Å². The monoisotopic (exact) mass is 1880 g/mol. The third-order valence-electron chi connectivity index (χ3n) is 27.4. The van der Waals surface area contributed by atoms with Crippen LogP contribution < -0.4 is 0 Å². The SMILES string of the molecule is c1ccc(-c2cc(-c3cccc(-c4nc5ccccc5c5c4c4ccccc4n5-c4ccccc4)c3)nc(-c3ccccc3)n2)cc1.c1ccc(-c2cc(-c3ccccc3)nc(-c3cccc(-c4nc5ccccc5c5c4c4ccccc4n5-c4ccccc4)c3)n2)cc1.c1ccc(-c2ccc(-c3nc(-c4ccccc4)nc(-c4cccc(-c5nc6ccccc6c6c5c5ccccc5n6-c5ccccc5)c4)n3)cc2)cc1. The first-order valence-electron chi connectivity index (χ1n) is 49.3. The number of pyridine rings is 3. The van der Waals surface area contributed by atoms with E-state index in [0.717, 1.165) is 217 Å². The molecule has 688 valence electrons. The highest BCUT2D eigenvalue weighted by atomic mass is 15.0. The lowest BCUT2D eigenvalue weighted by Gasteiger charge is -2.13. The number of para-hydroxylation sites is 9. The van der Waals surface area contributed by atoms with Gasteiger partial charge in [0.25, 0.3) is 0 Å². The molecule has 0 aliphatic carbocycles. The molecule has 0 bridgehead atoms. The van der Waals surface area contributed by atoms with E-state index >= 15 is 0 Å². The minimum atomic E-state index is 0.603. The van der Waals surface area contributed by atoms with Crippen LogP contribution in [0, 0.1) is 0 Å². The van der Waals surface area contributed by atoms with E-state index in [0.29, 0.717) is 29.1 Å². The summed E-state index contributed by atoms with van der Waals surface area (Å²) in [6, 6.07) is 183. The number of benzene rings is 19. The van der Waals surface area contributed by atoms with Gasteiger partial charge < -0.3 is 13.7 Å². The third kappa shape index (κ3) is 16.6. The topological polar surface area (TPSA) is 144 Å². The summed E-state index contributed by atoms with van der Waals surface area (Å²) in [5.74, 6) is 3.23. The quantitative estimate of drug-likeness (QED) is 0.0917. The van der Waals surface area contributed by atoms with Crippen LogP contribution in [0.15, 0.2) is 528 Å². The first kappa shape index (κ1) is 87.3. The summed E-state index contributed by atoms with van der Waals surface area (Å²) in [7, 11) is 0. The Kier molecular flexibility index (Phi) is 22.7. The molecule has 0 saturated carbocycles. The van der Waals surface area contributed by atoms with Crippen LogP contribution in [0.4, 0.5) is 0 Å². The van der Waals surface area contributed by atoms with E-state index in [1.165, 1.54) is 16.3 Å². The van der Waals surface area contributed by atoms with Crippen molar-refractivity contribution in [1.29, 1.82) is 0 Å². The minimum absolute atomic E-state index is 0.603. The Labute approximate surface area is 847 Å². The maximum absolute atomic E-state index is 5.36. The normalized spacial score (nSPS) is 11.4. The van der Waals surface area contributed by atoms with Crippen LogP contribution in [0.2, 0.25) is 0 Å². The molecule has 28 rings (SSSR count). The first-order valence-corrected chi connectivity index (χ1v) is 49.3. The second-order valence-electron chi connectivity index (χ2n) is 36.4. The molecule has 0 unspecified atom stereocenters. The van der Waals surface area contributed by atoms with Crippen molar-refractivity contribution in [1.82, 2.24) is 63.5 Å². The Bertz CT molecular complexity index is 9340. The maximum atomic E-state index is 5.36. The molecule has 13 heteroatoms. The highest BCUT2D eigenvalue weighted by Crippen LogP contribution is 2.48. The fourth-order valence-corrected chi connectivity index (χ4v) is 20.6. The van der Waals surface area contributed by atoms with Gasteiger partial charge >= 0.3 is 0 Å². The van der Waals surface area contributed by atoms with Crippen LogP contribution in [0.25, 0.3) is 262 Å². The van der Waals surface area contributed by atoms with Crippen molar-refractivity contribution < 1.29 is 0 Å². The fourth-order valence-electron chi connectivity index (χ4n) is 20.6. The number of hydrogen-bond acceptors (Lipinski definition) is 10. The molecular weight excluding hydrogens is 1790 g/mol. The summed E-state index contributed by atoms with van der Waals surface area (Å²) in [5.41, 5.74) is 33.6. The summed E-state index contributed by atoms with van der Waals surface area (Å²) in [6.45, 7) is 0. The molecule has 13 nitrogen and oxygen atoms in total. The van der Waals surface area contributed by atoms with Crippen molar-refractivity contribution >= 4 is 98.1 Å². The van der Waals surface area contributed by atoms with Gasteiger partial charge in [0, 0.05) is 132 Å². The summed E-state index contributed by atoms with van der Waals surface area (Å²) in [5, 5.41) is 10.2. The Morgan fingerprint density at radius 3 is 0.673 bits per heavy atom. The number of hydrogen-bond donors (Lipinski definition) is 0. The lowest BCUT2D eigenvalue weighted by Crippen LogP contribution is -2.00. The van der Waals surface area contributed by atoms with Crippen molar-refractivity contribution in [3.8, 4) is 164 Å². The molecule has 19 aromatic carbocycles. The van der Waals surface area contributed by atoms with Crippen LogP contribution in [0.5, 0.6) is 0 Å². The molecule has 0 N–H and O–H groups in total. The largest absolute Gasteiger partial charge is 0.308 e. The zero-order valence-electron chi connectivity index (χ0n) is 79.5. The average Bonchev–Trinajstić information content (AvgIpc) is 1.57. The Balaban J connectivity index is 0.000000112. The Hall–Kier alpha value is -20.0. The molecule has 0 saturated heterocycles. The second kappa shape index (κ2) is 38.2. The minimum Gasteiger partial charge on any atom is -0.308 e. The summed E-state index contributed by atoms with van der Waals surface area (Å²) in [4.78, 5) is 51.5. The van der Waals surface area contributed by atoms with Crippen molar-refractivity contribution in [3.63, 3.8) is 0 Å². The van der Waals surface area contributed by atoms with Gasteiger partial charge in [-0.15, -0.1) is 0 Å². The Morgan fingerprint density at radius 2 is 0.340 bits per heavy atom. The van der Waals surface area contributed by atoms with E-state index < -0.39 is 0 Å². The molecule has 0 aliphatic rings. The van der Waals surface area contributed by atoms with Crippen molar-refractivity contribution in [2.75, 3.05) is 0 Å². The molecule has 28 aromatic rings. The van der Waals surface area contributed by atoms with Crippen LogP contribution in [-0.4, -0.2) is 63.5 Å². The third-order valence-corrected chi connectivity index (χ3v) is 27.4. The summed E-state index contributed by atoms with van der Waals surface area (Å²) < 4.78 is 7.13. The highest BCUT2D eigenvalue weighted by molar-refractivity contribution is 6.25.